The quantitative estimate of drug-likeness (QED) is 0.347. The van der Waals surface area contributed by atoms with Crippen molar-refractivity contribution in [2.45, 2.75) is 13.5 Å². The number of ether oxygens (including phenoxy) is 1. The molecule has 1 aliphatic heterocycles. The molecule has 5 rings (SSSR count). The van der Waals surface area contributed by atoms with Crippen molar-refractivity contribution < 1.29 is 23.1 Å². The van der Waals surface area contributed by atoms with Crippen LogP contribution >= 0.6 is 12.4 Å². The number of nitrogens with zero attached hydrogens (tertiary/aromatic N) is 5. The molecular weight excluding hydrogens is 544 g/mol. The van der Waals surface area contributed by atoms with Crippen LogP contribution in [0.4, 0.5) is 20.3 Å². The summed E-state index contributed by atoms with van der Waals surface area (Å²) in [5.41, 5.74) is 9.67. The van der Waals surface area contributed by atoms with Crippen LogP contribution in [0, 0.1) is 6.92 Å². The summed E-state index contributed by atoms with van der Waals surface area (Å²) in [6.07, 6.45) is 5.08. The number of imidazole rings is 1. The summed E-state index contributed by atoms with van der Waals surface area (Å²) >= 11 is 0. The van der Waals surface area contributed by atoms with Crippen LogP contribution in [0.1, 0.15) is 15.9 Å². The molecule has 3 N–H and O–H groups in total. The van der Waals surface area contributed by atoms with Crippen molar-refractivity contribution in [2.75, 3.05) is 38.0 Å². The molecule has 3 heterocycles. The first kappa shape index (κ1) is 28.7. The molecule has 10 nitrogen and oxygen atoms in total. The molecule has 0 atom stereocenters. The molecule has 2 aromatic carbocycles. The second kappa shape index (κ2) is 12.3. The third kappa shape index (κ3) is 5.97. The van der Waals surface area contributed by atoms with Crippen LogP contribution in [-0.4, -0.2) is 75.3 Å². The molecule has 0 radical (unpaired) electrons. The fourth-order valence-corrected chi connectivity index (χ4v) is 4.60. The van der Waals surface area contributed by atoms with Gasteiger partial charge >= 0.3 is 6.61 Å². The number of hydrogen-bond acceptors (Lipinski definition) is 7. The van der Waals surface area contributed by atoms with E-state index in [-0.39, 0.29) is 36.5 Å². The third-order valence-corrected chi connectivity index (χ3v) is 6.62. The van der Waals surface area contributed by atoms with E-state index in [4.69, 9.17) is 5.73 Å². The van der Waals surface area contributed by atoms with Crippen LogP contribution in [0.3, 0.4) is 0 Å². The molecule has 1 fully saturated rings. The van der Waals surface area contributed by atoms with Crippen LogP contribution in [0.15, 0.2) is 61.1 Å². The lowest BCUT2D eigenvalue weighted by molar-refractivity contribution is -0.131. The number of alkyl halides is 2. The summed E-state index contributed by atoms with van der Waals surface area (Å²) < 4.78 is 31.2. The lowest BCUT2D eigenvalue weighted by Gasteiger charge is -2.34. The number of halogens is 3. The number of aryl methyl sites for hydroxylation is 1. The van der Waals surface area contributed by atoms with E-state index in [0.717, 1.165) is 22.5 Å². The van der Waals surface area contributed by atoms with Crippen LogP contribution in [0.2, 0.25) is 0 Å². The van der Waals surface area contributed by atoms with Gasteiger partial charge in [0.2, 0.25) is 5.91 Å². The predicted octanol–water partition coefficient (Wildman–Crippen LogP) is 3.71. The van der Waals surface area contributed by atoms with Gasteiger partial charge in [-0.1, -0.05) is 0 Å². The molecule has 2 amide bonds. The number of carbonyl (C=O) groups is 2. The molecule has 210 valence electrons. The van der Waals surface area contributed by atoms with Crippen molar-refractivity contribution in [1.29, 1.82) is 0 Å². The minimum atomic E-state index is -2.88. The number of fused-ring (bicyclic) bond motifs is 1. The van der Waals surface area contributed by atoms with E-state index in [0.29, 0.717) is 43.2 Å². The minimum absolute atomic E-state index is 0. The largest absolute Gasteiger partial charge is 0.435 e. The summed E-state index contributed by atoms with van der Waals surface area (Å²) in [5, 5.41) is 3.27. The molecule has 0 saturated carbocycles. The van der Waals surface area contributed by atoms with Crippen molar-refractivity contribution in [2.24, 2.45) is 5.73 Å². The number of aromatic nitrogens is 3. The molecular formula is C27H28ClF2N7O3. The molecule has 13 heteroatoms. The number of hydrogen-bond donors (Lipinski definition) is 2. The second-order valence-corrected chi connectivity index (χ2v) is 9.05. The SMILES string of the molecule is Cc1cc(Nc2nccn3c(-c4ccc(OC(F)F)cc4)cnc23)ccc1C(=O)N1CCN(C(=O)CN)CC1.Cl. The van der Waals surface area contributed by atoms with Crippen molar-refractivity contribution in [3.05, 3.63) is 72.2 Å². The molecule has 0 aliphatic carbocycles. The van der Waals surface area contributed by atoms with Gasteiger partial charge in [-0.05, 0) is 55.0 Å². The number of benzene rings is 2. The Hall–Kier alpha value is -4.29. The third-order valence-electron chi connectivity index (χ3n) is 6.62. The van der Waals surface area contributed by atoms with E-state index in [2.05, 4.69) is 20.0 Å². The molecule has 2 aromatic heterocycles. The second-order valence-electron chi connectivity index (χ2n) is 9.05. The Bertz CT molecular complexity index is 1510. The number of nitrogens with two attached hydrogens (primary N) is 1. The summed E-state index contributed by atoms with van der Waals surface area (Å²) in [6, 6.07) is 11.8. The summed E-state index contributed by atoms with van der Waals surface area (Å²) in [7, 11) is 0. The highest BCUT2D eigenvalue weighted by Crippen LogP contribution is 2.28. The molecule has 0 spiro atoms. The van der Waals surface area contributed by atoms with E-state index in [9.17, 15) is 18.4 Å². The van der Waals surface area contributed by atoms with E-state index in [1.165, 1.54) is 12.1 Å². The lowest BCUT2D eigenvalue weighted by atomic mass is 10.1. The van der Waals surface area contributed by atoms with Gasteiger partial charge in [0.05, 0.1) is 18.4 Å². The van der Waals surface area contributed by atoms with Crippen LogP contribution in [0.5, 0.6) is 5.75 Å². The zero-order valence-electron chi connectivity index (χ0n) is 21.6. The van der Waals surface area contributed by atoms with Gasteiger partial charge < -0.3 is 25.6 Å². The Morgan fingerprint density at radius 3 is 2.40 bits per heavy atom. The number of anilines is 2. The standard InChI is InChI=1S/C27H27F2N7O3.ClH/c1-17-14-19(4-7-21(17)26(38)35-12-10-34(11-13-35)23(37)15-30)33-24-25-32-16-22(36(25)9-8-31-24)18-2-5-20(6-3-18)39-27(28)29;/h2-9,14,16,27H,10-13,15,30H2,1H3,(H,31,33);1H. The Morgan fingerprint density at radius 1 is 1.05 bits per heavy atom. The van der Waals surface area contributed by atoms with Crippen LogP contribution in [-0.2, 0) is 4.79 Å². The predicted molar refractivity (Wildman–Crippen MR) is 148 cm³/mol. The van der Waals surface area contributed by atoms with Gasteiger partial charge in [-0.25, -0.2) is 9.97 Å². The maximum Gasteiger partial charge on any atom is 0.387 e. The molecule has 0 unspecified atom stereocenters. The monoisotopic (exact) mass is 571 g/mol. The van der Waals surface area contributed by atoms with E-state index in [1.54, 1.807) is 46.6 Å². The van der Waals surface area contributed by atoms with Crippen molar-refractivity contribution in [3.63, 3.8) is 0 Å². The lowest BCUT2D eigenvalue weighted by Crippen LogP contribution is -2.52. The highest BCUT2D eigenvalue weighted by Gasteiger charge is 2.25. The Labute approximate surface area is 235 Å². The van der Waals surface area contributed by atoms with E-state index in [1.807, 2.05) is 23.5 Å². The van der Waals surface area contributed by atoms with E-state index < -0.39 is 6.61 Å². The average molecular weight is 572 g/mol. The maximum atomic E-state index is 13.1. The maximum absolute atomic E-state index is 13.1. The first-order valence-electron chi connectivity index (χ1n) is 12.4. The number of amides is 2. The topological polar surface area (TPSA) is 118 Å². The fraction of sp³-hybridized carbons (Fsp3) is 0.259. The normalized spacial score (nSPS) is 13.3. The summed E-state index contributed by atoms with van der Waals surface area (Å²) in [4.78, 5) is 37.3. The first-order valence-corrected chi connectivity index (χ1v) is 12.4. The van der Waals surface area contributed by atoms with Gasteiger partial charge in [0.1, 0.15) is 5.75 Å². The Morgan fingerprint density at radius 2 is 1.75 bits per heavy atom. The number of nitrogens with one attached hydrogen (secondary N) is 1. The van der Waals surface area contributed by atoms with E-state index >= 15 is 0 Å². The molecule has 0 bridgehead atoms. The van der Waals surface area contributed by atoms with Crippen molar-refractivity contribution in [1.82, 2.24) is 24.2 Å². The van der Waals surface area contributed by atoms with Gasteiger partial charge in [-0.2, -0.15) is 8.78 Å². The van der Waals surface area contributed by atoms with Gasteiger partial charge in [-0.15, -0.1) is 12.4 Å². The average Bonchev–Trinajstić information content (AvgIpc) is 3.38. The van der Waals surface area contributed by atoms with Crippen LogP contribution < -0.4 is 15.8 Å². The number of piperazine rings is 1. The Kier molecular flexibility index (Phi) is 8.80. The smallest absolute Gasteiger partial charge is 0.387 e. The first-order chi connectivity index (χ1) is 18.8. The summed E-state index contributed by atoms with van der Waals surface area (Å²) in [5.74, 6) is 0.398. The van der Waals surface area contributed by atoms with Crippen LogP contribution in [0.25, 0.3) is 16.9 Å². The number of carbonyl (C=O) groups excluding carboxylic acids is 2. The Balaban J connectivity index is 0.00000370. The highest BCUT2D eigenvalue weighted by atomic mass is 35.5. The van der Waals surface area contributed by atoms with Crippen molar-refractivity contribution >= 4 is 41.4 Å². The summed E-state index contributed by atoms with van der Waals surface area (Å²) in [6.45, 7) is 0.810. The molecule has 1 saturated heterocycles. The zero-order valence-corrected chi connectivity index (χ0v) is 22.4. The van der Waals surface area contributed by atoms with Gasteiger partial charge in [0, 0.05) is 55.4 Å². The number of rotatable bonds is 7. The van der Waals surface area contributed by atoms with Gasteiger partial charge in [-0.3, -0.25) is 14.0 Å². The van der Waals surface area contributed by atoms with Crippen molar-refractivity contribution in [3.8, 4) is 17.0 Å². The minimum Gasteiger partial charge on any atom is -0.435 e. The zero-order chi connectivity index (χ0) is 27.5. The molecule has 40 heavy (non-hydrogen) atoms. The molecule has 1 aliphatic rings. The van der Waals surface area contributed by atoms with Gasteiger partial charge in [0.25, 0.3) is 5.91 Å². The van der Waals surface area contributed by atoms with Gasteiger partial charge in [0.15, 0.2) is 11.5 Å². The fourth-order valence-electron chi connectivity index (χ4n) is 4.60. The molecule has 4 aromatic rings. The highest BCUT2D eigenvalue weighted by molar-refractivity contribution is 5.96.